The highest BCUT2D eigenvalue weighted by molar-refractivity contribution is 7.32. The van der Waals surface area contributed by atoms with E-state index < -0.39 is 16.6 Å². The summed E-state index contributed by atoms with van der Waals surface area (Å²) >= 11 is 0. The second-order valence-electron chi connectivity index (χ2n) is 6.07. The normalized spacial score (nSPS) is 13.8. The lowest BCUT2D eigenvalue weighted by Crippen LogP contribution is -2.50. The molecule has 2 aromatic rings. The fraction of sp³-hybridized carbons (Fsp3) is 0.368. The van der Waals surface area contributed by atoms with Gasteiger partial charge in [0.25, 0.3) is 0 Å². The first-order valence-electron chi connectivity index (χ1n) is 8.42. The number of hydrogen-bond acceptors (Lipinski definition) is 0. The van der Waals surface area contributed by atoms with Crippen molar-refractivity contribution >= 4 is 27.0 Å². The van der Waals surface area contributed by atoms with Crippen LogP contribution in [0.4, 0.5) is 0 Å². The quantitative estimate of drug-likeness (QED) is 0.516. The van der Waals surface area contributed by atoms with Crippen molar-refractivity contribution in [1.82, 2.24) is 0 Å². The van der Waals surface area contributed by atoms with Crippen molar-refractivity contribution in [3.8, 4) is 0 Å². The zero-order valence-corrected chi connectivity index (χ0v) is 15.8. The number of unbranched alkanes of at least 4 members (excludes halogenated alkanes) is 3. The molecule has 2 rings (SSSR count). The van der Waals surface area contributed by atoms with Crippen molar-refractivity contribution in [2.75, 3.05) is 0 Å². The van der Waals surface area contributed by atoms with Gasteiger partial charge in [0.1, 0.15) is 0 Å². The number of hydrogen-bond donors (Lipinski definition) is 0. The van der Waals surface area contributed by atoms with Gasteiger partial charge in [0.2, 0.25) is 0 Å². The third kappa shape index (κ3) is 4.97. The van der Waals surface area contributed by atoms with E-state index in [0.29, 0.717) is 0 Å². The van der Waals surface area contributed by atoms with Crippen LogP contribution in [0, 0.1) is 0 Å². The highest BCUT2D eigenvalue weighted by atomic mass is 29.2. The van der Waals surface area contributed by atoms with Crippen LogP contribution in [-0.2, 0) is 0 Å². The van der Waals surface area contributed by atoms with E-state index in [1.165, 1.54) is 31.7 Å². The highest BCUT2D eigenvalue weighted by Crippen LogP contribution is 2.09. The first kappa shape index (κ1) is 16.2. The minimum Gasteiger partial charge on any atom is -0.0699 e. The van der Waals surface area contributed by atoms with Gasteiger partial charge in [-0.1, -0.05) is 116 Å². The molecule has 0 heterocycles. The summed E-state index contributed by atoms with van der Waals surface area (Å²) in [7, 11) is -1.63. The lowest BCUT2D eigenvalue weighted by molar-refractivity contribution is 0.700. The summed E-state index contributed by atoms with van der Waals surface area (Å²) in [6, 6.07) is 24.2. The summed E-state index contributed by atoms with van der Waals surface area (Å²) in [5.41, 5.74) is 0. The SMILES string of the molecule is CCCCCC[SiH](c1ccccc1)[SiH](C)c1ccccc1. The topological polar surface area (TPSA) is 0 Å². The van der Waals surface area contributed by atoms with Crippen LogP contribution in [0.25, 0.3) is 0 Å². The first-order chi connectivity index (χ1) is 10.3. The van der Waals surface area contributed by atoms with Gasteiger partial charge in [-0.2, -0.15) is 0 Å². The van der Waals surface area contributed by atoms with Crippen LogP contribution in [0.2, 0.25) is 12.6 Å². The summed E-state index contributed by atoms with van der Waals surface area (Å²) in [5.74, 6) is 0. The van der Waals surface area contributed by atoms with Crippen LogP contribution >= 0.6 is 0 Å². The summed E-state index contributed by atoms with van der Waals surface area (Å²) in [6.45, 7) is 4.88. The molecule has 2 unspecified atom stereocenters. The molecule has 0 aliphatic rings. The van der Waals surface area contributed by atoms with E-state index in [9.17, 15) is 0 Å². The molecule has 2 atom stereocenters. The molecule has 0 bridgehead atoms. The monoisotopic (exact) mass is 312 g/mol. The summed E-state index contributed by atoms with van der Waals surface area (Å²) in [6.07, 6.45) is 5.59. The van der Waals surface area contributed by atoms with Crippen LogP contribution in [0.3, 0.4) is 0 Å². The van der Waals surface area contributed by atoms with Crippen molar-refractivity contribution in [2.45, 2.75) is 45.2 Å². The van der Waals surface area contributed by atoms with E-state index in [2.05, 4.69) is 74.1 Å². The summed E-state index contributed by atoms with van der Waals surface area (Å²) in [5, 5.41) is 3.35. The van der Waals surface area contributed by atoms with Crippen molar-refractivity contribution in [3.05, 3.63) is 60.7 Å². The maximum absolute atomic E-state index is 2.58. The second-order valence-corrected chi connectivity index (χ2v) is 16.2. The summed E-state index contributed by atoms with van der Waals surface area (Å²) < 4.78 is 0. The predicted molar refractivity (Wildman–Crippen MR) is 101 cm³/mol. The van der Waals surface area contributed by atoms with Crippen LogP contribution in [-0.4, -0.2) is 16.6 Å². The van der Waals surface area contributed by atoms with Crippen LogP contribution in [0.5, 0.6) is 0 Å². The van der Waals surface area contributed by atoms with Crippen molar-refractivity contribution in [2.24, 2.45) is 0 Å². The van der Waals surface area contributed by atoms with E-state index in [1.54, 1.807) is 10.4 Å². The fourth-order valence-electron chi connectivity index (χ4n) is 3.19. The molecule has 2 heteroatoms. The average Bonchev–Trinajstić information content (AvgIpc) is 2.56. The third-order valence-corrected chi connectivity index (χ3v) is 16.4. The van der Waals surface area contributed by atoms with Gasteiger partial charge in [0, 0.05) is 0 Å². The Kier molecular flexibility index (Phi) is 6.97. The molecule has 0 fully saturated rings. The Morgan fingerprint density at radius 3 is 1.86 bits per heavy atom. The van der Waals surface area contributed by atoms with E-state index >= 15 is 0 Å². The molecule has 0 nitrogen and oxygen atoms in total. The first-order valence-corrected chi connectivity index (χ1v) is 14.2. The van der Waals surface area contributed by atoms with E-state index in [4.69, 9.17) is 0 Å². The lowest BCUT2D eigenvalue weighted by atomic mass is 10.2. The Hall–Kier alpha value is -1.13. The molecule has 0 spiro atoms. The second kappa shape index (κ2) is 9.01. The molecule has 112 valence electrons. The largest absolute Gasteiger partial charge is 0.0699 e. The smallest absolute Gasteiger partial charge is 0.0665 e. The molecule has 0 aliphatic heterocycles. The standard InChI is InChI=1S/C19H28Si2/c1-3-4-5-12-17-21(19-15-10-7-11-16-19)20(2)18-13-8-6-9-14-18/h6-11,13-16,20-21H,3-5,12,17H2,1-2H3. The predicted octanol–water partition coefficient (Wildman–Crippen LogP) is 3.54. The lowest BCUT2D eigenvalue weighted by Gasteiger charge is -2.22. The Morgan fingerprint density at radius 2 is 1.29 bits per heavy atom. The molecule has 0 aromatic heterocycles. The molecular formula is C19H28Si2. The molecule has 0 radical (unpaired) electrons. The van der Waals surface area contributed by atoms with E-state index in [0.717, 1.165) is 0 Å². The zero-order valence-electron chi connectivity index (χ0n) is 13.5. The van der Waals surface area contributed by atoms with Gasteiger partial charge in [-0.05, 0) is 0 Å². The molecule has 0 amide bonds. The zero-order chi connectivity index (χ0) is 14.9. The molecule has 0 saturated carbocycles. The average molecular weight is 313 g/mol. The Morgan fingerprint density at radius 1 is 0.714 bits per heavy atom. The van der Waals surface area contributed by atoms with E-state index in [-0.39, 0.29) is 0 Å². The van der Waals surface area contributed by atoms with Crippen molar-refractivity contribution < 1.29 is 0 Å². The summed E-state index contributed by atoms with van der Waals surface area (Å²) in [4.78, 5) is 0. The van der Waals surface area contributed by atoms with Gasteiger partial charge in [0.05, 0.1) is 16.6 Å². The number of benzene rings is 2. The van der Waals surface area contributed by atoms with Gasteiger partial charge < -0.3 is 0 Å². The van der Waals surface area contributed by atoms with Crippen LogP contribution in [0.15, 0.2) is 60.7 Å². The van der Waals surface area contributed by atoms with Gasteiger partial charge in [-0.3, -0.25) is 0 Å². The maximum atomic E-state index is 2.58. The fourth-order valence-corrected chi connectivity index (χ4v) is 14.0. The van der Waals surface area contributed by atoms with Crippen molar-refractivity contribution in [1.29, 1.82) is 0 Å². The molecule has 2 aromatic carbocycles. The molecule has 21 heavy (non-hydrogen) atoms. The van der Waals surface area contributed by atoms with Gasteiger partial charge in [0.15, 0.2) is 0 Å². The van der Waals surface area contributed by atoms with Crippen molar-refractivity contribution in [3.63, 3.8) is 0 Å². The van der Waals surface area contributed by atoms with Gasteiger partial charge >= 0.3 is 0 Å². The minimum absolute atomic E-state index is 0.815. The molecule has 0 aliphatic carbocycles. The molecule has 0 saturated heterocycles. The minimum atomic E-state index is -0.817. The third-order valence-electron chi connectivity index (χ3n) is 4.53. The molecule has 0 N–H and O–H groups in total. The Balaban J connectivity index is 2.11. The van der Waals surface area contributed by atoms with Crippen LogP contribution in [0.1, 0.15) is 32.6 Å². The van der Waals surface area contributed by atoms with Gasteiger partial charge in [-0.15, -0.1) is 0 Å². The van der Waals surface area contributed by atoms with E-state index in [1.807, 2.05) is 0 Å². The Labute approximate surface area is 133 Å². The highest BCUT2D eigenvalue weighted by Gasteiger charge is 2.23. The van der Waals surface area contributed by atoms with Gasteiger partial charge in [-0.25, -0.2) is 0 Å². The maximum Gasteiger partial charge on any atom is 0.0665 e. The van der Waals surface area contributed by atoms with Crippen LogP contribution < -0.4 is 10.4 Å². The Bertz CT molecular complexity index is 495. The molecular weight excluding hydrogens is 284 g/mol. The number of rotatable bonds is 8.